The van der Waals surface area contributed by atoms with Crippen LogP contribution in [0.1, 0.15) is 32.4 Å². The molecular weight excluding hydrogens is 282 g/mol. The van der Waals surface area contributed by atoms with Crippen molar-refractivity contribution in [1.82, 2.24) is 15.3 Å². The summed E-state index contributed by atoms with van der Waals surface area (Å²) in [5.74, 6) is 0.781. The van der Waals surface area contributed by atoms with E-state index >= 15 is 0 Å². The standard InChI is InChI=1S/C16H15N3OS/c20-16(14-8-10-4-3-7-13(10)21-14)17-9-15-18-11-5-1-2-6-12(11)19-15/h1-2,5-6,8H,3-4,7,9H2,(H,17,20)(H,18,19). The predicted molar refractivity (Wildman–Crippen MR) is 83.6 cm³/mol. The van der Waals surface area contributed by atoms with Gasteiger partial charge in [0.1, 0.15) is 5.82 Å². The summed E-state index contributed by atoms with van der Waals surface area (Å²) in [7, 11) is 0. The molecule has 1 amide bonds. The molecule has 0 spiro atoms. The molecule has 3 aromatic rings. The number of aromatic nitrogens is 2. The highest BCUT2D eigenvalue weighted by Crippen LogP contribution is 2.30. The second kappa shape index (κ2) is 5.00. The van der Waals surface area contributed by atoms with Crippen LogP contribution in [-0.2, 0) is 19.4 Å². The van der Waals surface area contributed by atoms with Gasteiger partial charge in [-0.2, -0.15) is 0 Å². The van der Waals surface area contributed by atoms with Crippen molar-refractivity contribution in [2.24, 2.45) is 0 Å². The van der Waals surface area contributed by atoms with Crippen molar-refractivity contribution < 1.29 is 4.79 Å². The van der Waals surface area contributed by atoms with Crippen LogP contribution in [0.3, 0.4) is 0 Å². The second-order valence-electron chi connectivity index (χ2n) is 5.30. The number of carbonyl (C=O) groups excluding carboxylic acids is 1. The lowest BCUT2D eigenvalue weighted by atomic mass is 10.2. The van der Waals surface area contributed by atoms with Crippen LogP contribution in [0.4, 0.5) is 0 Å². The van der Waals surface area contributed by atoms with E-state index in [-0.39, 0.29) is 5.91 Å². The molecule has 0 radical (unpaired) electrons. The summed E-state index contributed by atoms with van der Waals surface area (Å²) in [6.07, 6.45) is 3.46. The van der Waals surface area contributed by atoms with E-state index in [2.05, 4.69) is 15.3 Å². The number of hydrogen-bond donors (Lipinski definition) is 2. The highest BCUT2D eigenvalue weighted by Gasteiger charge is 2.18. The zero-order chi connectivity index (χ0) is 14.2. The molecule has 0 bridgehead atoms. The first-order valence-corrected chi connectivity index (χ1v) is 7.94. The topological polar surface area (TPSA) is 57.8 Å². The molecule has 4 nitrogen and oxygen atoms in total. The van der Waals surface area contributed by atoms with E-state index in [0.29, 0.717) is 6.54 Å². The van der Waals surface area contributed by atoms with Crippen LogP contribution in [-0.4, -0.2) is 15.9 Å². The third kappa shape index (κ3) is 2.34. The van der Waals surface area contributed by atoms with E-state index in [1.807, 2.05) is 30.3 Å². The van der Waals surface area contributed by atoms with Crippen LogP contribution in [0, 0.1) is 0 Å². The highest BCUT2D eigenvalue weighted by molar-refractivity contribution is 7.14. The first-order valence-electron chi connectivity index (χ1n) is 7.13. The van der Waals surface area contributed by atoms with E-state index in [9.17, 15) is 4.79 Å². The number of aryl methyl sites for hydroxylation is 2. The molecule has 21 heavy (non-hydrogen) atoms. The van der Waals surface area contributed by atoms with Gasteiger partial charge in [0.2, 0.25) is 0 Å². The largest absolute Gasteiger partial charge is 0.344 e. The molecule has 1 aromatic carbocycles. The Balaban J connectivity index is 1.46. The first kappa shape index (κ1) is 12.6. The molecule has 0 saturated heterocycles. The van der Waals surface area contributed by atoms with Gasteiger partial charge < -0.3 is 10.3 Å². The van der Waals surface area contributed by atoms with Gasteiger partial charge in [0.15, 0.2) is 0 Å². The smallest absolute Gasteiger partial charge is 0.261 e. The lowest BCUT2D eigenvalue weighted by Gasteiger charge is -2.00. The minimum atomic E-state index is -0.00476. The number of aromatic amines is 1. The molecule has 1 aliphatic rings. The lowest BCUT2D eigenvalue weighted by molar-refractivity contribution is 0.0954. The Morgan fingerprint density at radius 1 is 1.33 bits per heavy atom. The number of carbonyl (C=O) groups is 1. The number of fused-ring (bicyclic) bond motifs is 2. The molecule has 0 unspecified atom stereocenters. The third-order valence-electron chi connectivity index (χ3n) is 3.83. The van der Waals surface area contributed by atoms with E-state index < -0.39 is 0 Å². The summed E-state index contributed by atoms with van der Waals surface area (Å²) in [5, 5.41) is 2.94. The molecule has 0 aliphatic heterocycles. The van der Waals surface area contributed by atoms with Gasteiger partial charge in [-0.1, -0.05) is 12.1 Å². The summed E-state index contributed by atoms with van der Waals surface area (Å²) in [5.41, 5.74) is 3.28. The fourth-order valence-electron chi connectivity index (χ4n) is 2.78. The Hall–Kier alpha value is -2.14. The lowest BCUT2D eigenvalue weighted by Crippen LogP contribution is -2.22. The van der Waals surface area contributed by atoms with Crippen molar-refractivity contribution in [2.75, 3.05) is 0 Å². The van der Waals surface area contributed by atoms with Gasteiger partial charge in [0, 0.05) is 4.88 Å². The van der Waals surface area contributed by atoms with Gasteiger partial charge in [-0.25, -0.2) is 4.98 Å². The number of para-hydroxylation sites is 2. The summed E-state index contributed by atoms with van der Waals surface area (Å²) >= 11 is 1.63. The quantitative estimate of drug-likeness (QED) is 0.780. The number of amides is 1. The van der Waals surface area contributed by atoms with Crippen molar-refractivity contribution >= 4 is 28.3 Å². The van der Waals surface area contributed by atoms with Crippen molar-refractivity contribution in [3.05, 3.63) is 51.5 Å². The van der Waals surface area contributed by atoms with Gasteiger partial charge in [0.05, 0.1) is 22.5 Å². The summed E-state index contributed by atoms with van der Waals surface area (Å²) in [6, 6.07) is 9.91. The Morgan fingerprint density at radius 3 is 3.10 bits per heavy atom. The minimum absolute atomic E-state index is 0.00476. The van der Waals surface area contributed by atoms with E-state index in [4.69, 9.17) is 0 Å². The fraction of sp³-hybridized carbons (Fsp3) is 0.250. The molecule has 2 aromatic heterocycles. The third-order valence-corrected chi connectivity index (χ3v) is 5.06. The molecule has 4 rings (SSSR count). The molecule has 0 saturated carbocycles. The molecule has 5 heteroatoms. The molecule has 2 N–H and O–H groups in total. The molecular formula is C16H15N3OS. The number of thiophene rings is 1. The summed E-state index contributed by atoms with van der Waals surface area (Å²) < 4.78 is 0. The number of imidazole rings is 1. The van der Waals surface area contributed by atoms with Gasteiger partial charge in [-0.05, 0) is 43.0 Å². The van der Waals surface area contributed by atoms with Crippen LogP contribution in [0.25, 0.3) is 11.0 Å². The van der Waals surface area contributed by atoms with Crippen molar-refractivity contribution in [3.63, 3.8) is 0 Å². The molecule has 1 aliphatic carbocycles. The van der Waals surface area contributed by atoms with E-state index in [1.54, 1.807) is 11.3 Å². The summed E-state index contributed by atoms with van der Waals surface area (Å²) in [4.78, 5) is 22.1. The molecule has 0 atom stereocenters. The van der Waals surface area contributed by atoms with Crippen LogP contribution in [0.2, 0.25) is 0 Å². The normalized spacial score (nSPS) is 13.5. The molecule has 106 valence electrons. The van der Waals surface area contributed by atoms with Crippen molar-refractivity contribution in [3.8, 4) is 0 Å². The number of nitrogens with zero attached hydrogens (tertiary/aromatic N) is 1. The SMILES string of the molecule is O=C(NCc1nc2ccccc2[nH]1)c1cc2c(s1)CCC2. The van der Waals surface area contributed by atoms with Gasteiger partial charge in [0.25, 0.3) is 5.91 Å². The van der Waals surface area contributed by atoms with Gasteiger partial charge in [-0.3, -0.25) is 4.79 Å². The van der Waals surface area contributed by atoms with Crippen LogP contribution >= 0.6 is 11.3 Å². The van der Waals surface area contributed by atoms with E-state index in [1.165, 1.54) is 16.9 Å². The highest BCUT2D eigenvalue weighted by atomic mass is 32.1. The van der Waals surface area contributed by atoms with Crippen LogP contribution in [0.5, 0.6) is 0 Å². The maximum atomic E-state index is 12.2. The number of nitrogens with one attached hydrogen (secondary N) is 2. The van der Waals surface area contributed by atoms with E-state index in [0.717, 1.165) is 34.6 Å². The Labute approximate surface area is 126 Å². The fourth-order valence-corrected chi connectivity index (χ4v) is 3.95. The number of rotatable bonds is 3. The number of hydrogen-bond acceptors (Lipinski definition) is 3. The van der Waals surface area contributed by atoms with Crippen LogP contribution < -0.4 is 5.32 Å². The van der Waals surface area contributed by atoms with Gasteiger partial charge in [-0.15, -0.1) is 11.3 Å². The monoisotopic (exact) mass is 297 g/mol. The van der Waals surface area contributed by atoms with Crippen molar-refractivity contribution in [2.45, 2.75) is 25.8 Å². The minimum Gasteiger partial charge on any atom is -0.344 e. The average Bonchev–Trinajstić information content (AvgIpc) is 3.17. The predicted octanol–water partition coefficient (Wildman–Crippen LogP) is 3.04. The Kier molecular flexibility index (Phi) is 3.00. The summed E-state index contributed by atoms with van der Waals surface area (Å²) in [6.45, 7) is 0.427. The zero-order valence-electron chi connectivity index (χ0n) is 11.5. The van der Waals surface area contributed by atoms with Crippen LogP contribution in [0.15, 0.2) is 30.3 Å². The molecule has 0 fully saturated rings. The second-order valence-corrected chi connectivity index (χ2v) is 6.43. The first-order chi connectivity index (χ1) is 10.3. The maximum Gasteiger partial charge on any atom is 0.261 e. The number of H-pyrrole nitrogens is 1. The zero-order valence-corrected chi connectivity index (χ0v) is 12.3. The maximum absolute atomic E-state index is 12.2. The average molecular weight is 297 g/mol. The molecule has 2 heterocycles. The van der Waals surface area contributed by atoms with Gasteiger partial charge >= 0.3 is 0 Å². The number of benzene rings is 1. The van der Waals surface area contributed by atoms with Crippen molar-refractivity contribution in [1.29, 1.82) is 0 Å². The Morgan fingerprint density at radius 2 is 2.24 bits per heavy atom. The Bertz CT molecular complexity index is 763.